The predicted octanol–water partition coefficient (Wildman–Crippen LogP) is 2.23. The summed E-state index contributed by atoms with van der Waals surface area (Å²) in [4.78, 5) is 14.6. The van der Waals surface area contributed by atoms with Crippen LogP contribution in [0.15, 0.2) is 24.3 Å². The van der Waals surface area contributed by atoms with Crippen molar-refractivity contribution in [1.82, 2.24) is 10.2 Å². The van der Waals surface area contributed by atoms with E-state index in [1.165, 1.54) is 19.3 Å². The Balaban J connectivity index is 1.57. The van der Waals surface area contributed by atoms with E-state index >= 15 is 0 Å². The van der Waals surface area contributed by atoms with Gasteiger partial charge in [-0.25, -0.2) is 0 Å². The van der Waals surface area contributed by atoms with E-state index in [1.54, 1.807) is 7.11 Å². The minimum absolute atomic E-state index is 0.257. The summed E-state index contributed by atoms with van der Waals surface area (Å²) in [6, 6.07) is 8.43. The number of carbonyl (C=O) groups is 1. The van der Waals surface area contributed by atoms with E-state index in [1.807, 2.05) is 24.3 Å². The fraction of sp³-hybridized carbons (Fsp3) is 0.611. The number of benzene rings is 1. The van der Waals surface area contributed by atoms with Gasteiger partial charge in [0.25, 0.3) is 0 Å². The summed E-state index contributed by atoms with van der Waals surface area (Å²) >= 11 is 0. The molecule has 2 aliphatic rings. The van der Waals surface area contributed by atoms with Crippen LogP contribution >= 0.6 is 0 Å². The van der Waals surface area contributed by atoms with Crippen LogP contribution in [0.25, 0.3) is 0 Å². The van der Waals surface area contributed by atoms with Gasteiger partial charge < -0.3 is 15.0 Å². The lowest BCUT2D eigenvalue weighted by atomic mass is 9.89. The zero-order valence-electron chi connectivity index (χ0n) is 13.4. The maximum atomic E-state index is 12.6. The molecule has 2 saturated heterocycles. The van der Waals surface area contributed by atoms with Crippen molar-refractivity contribution in [3.8, 4) is 5.75 Å². The summed E-state index contributed by atoms with van der Waals surface area (Å²) in [5, 5.41) is 3.65. The SMILES string of the molecule is COc1ccc(CC(=O)N2CC[C@H]3NCCCC[C@H]3C2)cc1. The predicted molar refractivity (Wildman–Crippen MR) is 87.0 cm³/mol. The van der Waals surface area contributed by atoms with Crippen LogP contribution < -0.4 is 10.1 Å². The van der Waals surface area contributed by atoms with Gasteiger partial charge in [-0.05, 0) is 49.4 Å². The van der Waals surface area contributed by atoms with Crippen molar-refractivity contribution in [3.05, 3.63) is 29.8 Å². The molecule has 0 saturated carbocycles. The number of nitrogens with one attached hydrogen (secondary N) is 1. The molecular formula is C18H26N2O2. The van der Waals surface area contributed by atoms with Crippen molar-refractivity contribution < 1.29 is 9.53 Å². The number of carbonyl (C=O) groups excluding carboxylic acids is 1. The van der Waals surface area contributed by atoms with Gasteiger partial charge in [0.1, 0.15) is 5.75 Å². The molecule has 2 heterocycles. The van der Waals surface area contributed by atoms with Gasteiger partial charge in [-0.2, -0.15) is 0 Å². The Bertz CT molecular complexity index is 500. The number of ether oxygens (including phenoxy) is 1. The second-order valence-electron chi connectivity index (χ2n) is 6.47. The van der Waals surface area contributed by atoms with Gasteiger partial charge >= 0.3 is 0 Å². The number of methoxy groups -OCH3 is 1. The van der Waals surface area contributed by atoms with Gasteiger partial charge in [-0.3, -0.25) is 4.79 Å². The monoisotopic (exact) mass is 302 g/mol. The Labute approximate surface area is 132 Å². The van der Waals surface area contributed by atoms with Crippen LogP contribution in [0.2, 0.25) is 0 Å². The van der Waals surface area contributed by atoms with Crippen LogP contribution in [0.3, 0.4) is 0 Å². The Morgan fingerprint density at radius 3 is 2.86 bits per heavy atom. The number of nitrogens with zero attached hydrogens (tertiary/aromatic N) is 1. The molecule has 1 aromatic carbocycles. The summed E-state index contributed by atoms with van der Waals surface area (Å²) in [5.74, 6) is 1.73. The van der Waals surface area contributed by atoms with Crippen LogP contribution in [-0.2, 0) is 11.2 Å². The highest BCUT2D eigenvalue weighted by Gasteiger charge is 2.31. The molecule has 22 heavy (non-hydrogen) atoms. The number of piperidine rings is 1. The van der Waals surface area contributed by atoms with Crippen LogP contribution in [0, 0.1) is 5.92 Å². The van der Waals surface area contributed by atoms with Crippen LogP contribution in [0.4, 0.5) is 0 Å². The molecule has 1 N–H and O–H groups in total. The number of fused-ring (bicyclic) bond motifs is 1. The normalized spacial score (nSPS) is 25.2. The maximum absolute atomic E-state index is 12.6. The highest BCUT2D eigenvalue weighted by atomic mass is 16.5. The summed E-state index contributed by atoms with van der Waals surface area (Å²) in [7, 11) is 1.66. The van der Waals surface area contributed by atoms with Gasteiger partial charge in [-0.15, -0.1) is 0 Å². The molecule has 2 atom stereocenters. The second-order valence-corrected chi connectivity index (χ2v) is 6.47. The summed E-state index contributed by atoms with van der Waals surface area (Å²) in [6.45, 7) is 2.96. The third-order valence-electron chi connectivity index (χ3n) is 5.01. The highest BCUT2D eigenvalue weighted by Crippen LogP contribution is 2.25. The van der Waals surface area contributed by atoms with Gasteiger partial charge in [-0.1, -0.05) is 18.6 Å². The first-order valence-corrected chi connectivity index (χ1v) is 8.40. The first-order valence-electron chi connectivity index (χ1n) is 8.40. The average molecular weight is 302 g/mol. The largest absolute Gasteiger partial charge is 0.497 e. The molecule has 0 radical (unpaired) electrons. The highest BCUT2D eigenvalue weighted by molar-refractivity contribution is 5.79. The van der Waals surface area contributed by atoms with Crippen molar-refractivity contribution in [3.63, 3.8) is 0 Å². The summed E-state index contributed by atoms with van der Waals surface area (Å²) in [5.41, 5.74) is 1.06. The van der Waals surface area contributed by atoms with Crippen LogP contribution in [-0.4, -0.2) is 43.6 Å². The lowest BCUT2D eigenvalue weighted by molar-refractivity contribution is -0.132. The first-order chi connectivity index (χ1) is 10.8. The molecule has 0 aliphatic carbocycles. The molecule has 1 amide bonds. The Hall–Kier alpha value is -1.55. The summed E-state index contributed by atoms with van der Waals surface area (Å²) in [6.07, 6.45) is 5.40. The minimum Gasteiger partial charge on any atom is -0.497 e. The van der Waals surface area contributed by atoms with Crippen molar-refractivity contribution in [2.75, 3.05) is 26.7 Å². The lowest BCUT2D eigenvalue weighted by Crippen LogP contribution is -2.50. The van der Waals surface area contributed by atoms with Gasteiger partial charge in [0.15, 0.2) is 0 Å². The van der Waals surface area contributed by atoms with Crippen LogP contribution in [0.5, 0.6) is 5.75 Å². The Kier molecular flexibility index (Phi) is 4.98. The van der Waals surface area contributed by atoms with Crippen molar-refractivity contribution in [2.45, 2.75) is 38.1 Å². The van der Waals surface area contributed by atoms with E-state index in [9.17, 15) is 4.79 Å². The average Bonchev–Trinajstić information content (AvgIpc) is 2.80. The second kappa shape index (κ2) is 7.14. The number of hydrogen-bond donors (Lipinski definition) is 1. The van der Waals surface area contributed by atoms with Gasteiger partial charge in [0, 0.05) is 19.1 Å². The molecule has 0 aromatic heterocycles. The third-order valence-corrected chi connectivity index (χ3v) is 5.01. The molecule has 120 valence electrons. The maximum Gasteiger partial charge on any atom is 0.227 e. The van der Waals surface area contributed by atoms with E-state index in [4.69, 9.17) is 4.74 Å². The van der Waals surface area contributed by atoms with E-state index in [0.717, 1.165) is 37.4 Å². The molecule has 0 unspecified atom stereocenters. The Morgan fingerprint density at radius 2 is 2.09 bits per heavy atom. The van der Waals surface area contributed by atoms with E-state index in [0.29, 0.717) is 18.4 Å². The first kappa shape index (κ1) is 15.3. The molecule has 0 spiro atoms. The minimum atomic E-state index is 0.257. The smallest absolute Gasteiger partial charge is 0.227 e. The van der Waals surface area contributed by atoms with Crippen molar-refractivity contribution >= 4 is 5.91 Å². The number of rotatable bonds is 3. The molecule has 1 aromatic rings. The van der Waals surface area contributed by atoms with Gasteiger partial charge in [0.05, 0.1) is 13.5 Å². The number of hydrogen-bond acceptors (Lipinski definition) is 3. The number of amides is 1. The van der Waals surface area contributed by atoms with E-state index < -0.39 is 0 Å². The standard InChI is InChI=1S/C18H26N2O2/c1-22-16-7-5-14(6-8-16)12-18(21)20-11-9-17-15(13-20)4-2-3-10-19-17/h5-8,15,17,19H,2-4,9-13H2,1H3/t15-,17+/m0/s1. The van der Waals surface area contributed by atoms with E-state index in [-0.39, 0.29) is 5.91 Å². The van der Waals surface area contributed by atoms with E-state index in [2.05, 4.69) is 10.2 Å². The van der Waals surface area contributed by atoms with Crippen molar-refractivity contribution in [2.24, 2.45) is 5.92 Å². The Morgan fingerprint density at radius 1 is 1.27 bits per heavy atom. The number of likely N-dealkylation sites (tertiary alicyclic amines) is 1. The topological polar surface area (TPSA) is 41.6 Å². The molecule has 4 heteroatoms. The zero-order chi connectivity index (χ0) is 15.4. The molecule has 4 nitrogen and oxygen atoms in total. The molecule has 3 rings (SSSR count). The molecule has 0 bridgehead atoms. The fourth-order valence-electron chi connectivity index (χ4n) is 3.67. The molecular weight excluding hydrogens is 276 g/mol. The fourth-order valence-corrected chi connectivity index (χ4v) is 3.67. The van der Waals surface area contributed by atoms with Crippen LogP contribution in [0.1, 0.15) is 31.2 Å². The zero-order valence-corrected chi connectivity index (χ0v) is 13.4. The lowest BCUT2D eigenvalue weighted by Gasteiger charge is -2.38. The molecule has 2 fully saturated rings. The third kappa shape index (κ3) is 3.61. The van der Waals surface area contributed by atoms with Gasteiger partial charge in [0.2, 0.25) is 5.91 Å². The molecule has 2 aliphatic heterocycles. The quantitative estimate of drug-likeness (QED) is 0.931. The summed E-state index contributed by atoms with van der Waals surface area (Å²) < 4.78 is 5.16. The van der Waals surface area contributed by atoms with Crippen molar-refractivity contribution in [1.29, 1.82) is 0 Å².